The number of rotatable bonds is 1. The first kappa shape index (κ1) is 15.4. The summed E-state index contributed by atoms with van der Waals surface area (Å²) >= 11 is 1.51. The molecule has 4 atom stereocenters. The molecule has 0 saturated heterocycles. The Labute approximate surface area is 139 Å². The molecule has 114 valence electrons. The highest BCUT2D eigenvalue weighted by Gasteiger charge is 2.58. The molecule has 0 bridgehead atoms. The number of quaternary nitrogens is 1. The molecule has 3 rings (SSSR count). The summed E-state index contributed by atoms with van der Waals surface area (Å²) in [7, 11) is 2.07. The zero-order chi connectivity index (χ0) is 16.6. The summed E-state index contributed by atoms with van der Waals surface area (Å²) in [5.41, 5.74) is -0.710. The molecular formula is C17H16N5S+. The lowest BCUT2D eigenvalue weighted by molar-refractivity contribution is -0.878. The van der Waals surface area contributed by atoms with Crippen molar-refractivity contribution >= 4 is 17.0 Å². The SMILES string of the molecule is C[NH+]1CC=C2C(C#N)C(=N)C(C#N)(C#N)[C@@H](c3cccs3)[C@H]2C1. The summed E-state index contributed by atoms with van der Waals surface area (Å²) in [5.74, 6) is -1.19. The van der Waals surface area contributed by atoms with Gasteiger partial charge in [0, 0.05) is 16.7 Å². The lowest BCUT2D eigenvalue weighted by Crippen LogP contribution is -3.10. The number of nitrogens with one attached hydrogen (secondary N) is 2. The van der Waals surface area contributed by atoms with E-state index in [4.69, 9.17) is 5.41 Å². The molecule has 2 heterocycles. The number of thiophene rings is 1. The molecule has 1 aliphatic carbocycles. The fourth-order valence-corrected chi connectivity index (χ4v) is 4.79. The second-order valence-corrected chi connectivity index (χ2v) is 7.16. The first-order valence-electron chi connectivity index (χ1n) is 7.44. The number of hydrogen-bond donors (Lipinski definition) is 2. The van der Waals surface area contributed by atoms with Crippen molar-refractivity contribution in [3.8, 4) is 18.2 Å². The fraction of sp³-hybridized carbons (Fsp3) is 0.412. The van der Waals surface area contributed by atoms with Crippen LogP contribution in [-0.2, 0) is 0 Å². The van der Waals surface area contributed by atoms with Crippen LogP contribution in [0.2, 0.25) is 0 Å². The lowest BCUT2D eigenvalue weighted by Gasteiger charge is -2.45. The molecule has 0 amide bonds. The Kier molecular flexibility index (Phi) is 3.78. The minimum absolute atomic E-state index is 0.0551. The second kappa shape index (κ2) is 5.63. The van der Waals surface area contributed by atoms with E-state index in [0.29, 0.717) is 0 Å². The minimum Gasteiger partial charge on any atom is -0.334 e. The Morgan fingerprint density at radius 3 is 2.65 bits per heavy atom. The fourth-order valence-electron chi connectivity index (χ4n) is 3.83. The molecule has 5 nitrogen and oxygen atoms in total. The molecule has 1 saturated carbocycles. The molecule has 6 heteroatoms. The summed E-state index contributed by atoms with van der Waals surface area (Å²) in [6, 6.07) is 10.2. The molecule has 0 spiro atoms. The first-order chi connectivity index (χ1) is 11.1. The van der Waals surface area contributed by atoms with Gasteiger partial charge in [0.1, 0.15) is 5.92 Å². The van der Waals surface area contributed by atoms with Gasteiger partial charge in [-0.15, -0.1) is 11.3 Å². The normalized spacial score (nSPS) is 31.9. The van der Waals surface area contributed by atoms with Crippen molar-refractivity contribution in [3.05, 3.63) is 34.0 Å². The minimum atomic E-state index is -1.56. The first-order valence-corrected chi connectivity index (χ1v) is 8.32. The Morgan fingerprint density at radius 1 is 1.35 bits per heavy atom. The van der Waals surface area contributed by atoms with Gasteiger partial charge in [-0.3, -0.25) is 0 Å². The number of likely N-dealkylation sites (N-methyl/N-ethyl adjacent to an activating group) is 1. The van der Waals surface area contributed by atoms with Crippen LogP contribution in [-0.4, -0.2) is 25.8 Å². The third kappa shape index (κ3) is 2.10. The highest BCUT2D eigenvalue weighted by Crippen LogP contribution is 2.53. The molecule has 2 aliphatic rings. The topological polar surface area (TPSA) is 99.7 Å². The van der Waals surface area contributed by atoms with E-state index in [-0.39, 0.29) is 17.5 Å². The maximum Gasteiger partial charge on any atom is 0.190 e. The van der Waals surface area contributed by atoms with Gasteiger partial charge in [0.25, 0.3) is 0 Å². The predicted molar refractivity (Wildman–Crippen MR) is 85.7 cm³/mol. The monoisotopic (exact) mass is 322 g/mol. The van der Waals surface area contributed by atoms with Gasteiger partial charge in [-0.1, -0.05) is 6.07 Å². The average molecular weight is 322 g/mol. The van der Waals surface area contributed by atoms with E-state index < -0.39 is 11.3 Å². The second-order valence-electron chi connectivity index (χ2n) is 6.18. The molecule has 0 radical (unpaired) electrons. The smallest absolute Gasteiger partial charge is 0.190 e. The highest BCUT2D eigenvalue weighted by molar-refractivity contribution is 7.10. The molecule has 1 aromatic rings. The molecule has 2 N–H and O–H groups in total. The Bertz CT molecular complexity index is 772. The van der Waals surface area contributed by atoms with Crippen molar-refractivity contribution in [1.82, 2.24) is 0 Å². The van der Waals surface area contributed by atoms with Crippen LogP contribution in [0.4, 0.5) is 0 Å². The van der Waals surface area contributed by atoms with E-state index in [9.17, 15) is 15.8 Å². The number of hydrogen-bond acceptors (Lipinski definition) is 5. The molecule has 2 unspecified atom stereocenters. The highest BCUT2D eigenvalue weighted by atomic mass is 32.1. The van der Waals surface area contributed by atoms with Crippen LogP contribution < -0.4 is 4.90 Å². The Morgan fingerprint density at radius 2 is 2.09 bits per heavy atom. The van der Waals surface area contributed by atoms with Gasteiger partial charge >= 0.3 is 0 Å². The maximum absolute atomic E-state index is 9.81. The molecule has 1 aromatic heterocycles. The standard InChI is InChI=1S/C17H15N5S/c1-22-5-4-11-12(7-18)16(21)17(9-19,10-20)15(13(11)8-22)14-3-2-6-23-14/h2-4,6,12-13,15,21H,5,8H2,1H3/p+1/t12?,13-,15+/m0/s1. The molecule has 1 aliphatic heterocycles. The summed E-state index contributed by atoms with van der Waals surface area (Å²) < 4.78 is 0. The third-order valence-corrected chi connectivity index (χ3v) is 5.89. The molecule has 0 aromatic carbocycles. The van der Waals surface area contributed by atoms with Crippen molar-refractivity contribution in [3.63, 3.8) is 0 Å². The van der Waals surface area contributed by atoms with E-state index in [2.05, 4.69) is 25.3 Å². The van der Waals surface area contributed by atoms with Crippen LogP contribution in [0.3, 0.4) is 0 Å². The van der Waals surface area contributed by atoms with Crippen molar-refractivity contribution in [2.45, 2.75) is 5.92 Å². The Balaban J connectivity index is 2.25. The third-order valence-electron chi connectivity index (χ3n) is 4.93. The summed E-state index contributed by atoms with van der Waals surface area (Å²) in [6.07, 6.45) is 2.03. The van der Waals surface area contributed by atoms with Crippen molar-refractivity contribution in [2.75, 3.05) is 20.1 Å². The zero-order valence-corrected chi connectivity index (χ0v) is 13.5. The van der Waals surface area contributed by atoms with E-state index in [1.165, 1.54) is 16.2 Å². The average Bonchev–Trinajstić information content (AvgIpc) is 3.08. The number of nitriles is 3. The number of nitrogens with zero attached hydrogens (tertiary/aromatic N) is 3. The molecule has 1 fully saturated rings. The van der Waals surface area contributed by atoms with E-state index in [1.54, 1.807) is 0 Å². The van der Waals surface area contributed by atoms with Crippen LogP contribution in [0, 0.1) is 56.7 Å². The quantitative estimate of drug-likeness (QED) is 0.757. The summed E-state index contributed by atoms with van der Waals surface area (Å²) in [5, 5.41) is 39.5. The van der Waals surface area contributed by atoms with Gasteiger partial charge in [-0.05, 0) is 23.1 Å². The largest absolute Gasteiger partial charge is 0.334 e. The molecular weight excluding hydrogens is 306 g/mol. The molecule has 23 heavy (non-hydrogen) atoms. The zero-order valence-electron chi connectivity index (χ0n) is 12.7. The van der Waals surface area contributed by atoms with Gasteiger partial charge in [0.15, 0.2) is 5.41 Å². The van der Waals surface area contributed by atoms with Crippen molar-refractivity contribution in [1.29, 1.82) is 21.2 Å². The van der Waals surface area contributed by atoms with Gasteiger partial charge in [0.05, 0.1) is 44.1 Å². The van der Waals surface area contributed by atoms with Crippen LogP contribution in [0.25, 0.3) is 0 Å². The van der Waals surface area contributed by atoms with Crippen LogP contribution in [0.15, 0.2) is 29.2 Å². The van der Waals surface area contributed by atoms with Crippen LogP contribution >= 0.6 is 11.3 Å². The maximum atomic E-state index is 9.81. The predicted octanol–water partition coefficient (Wildman–Crippen LogP) is 1.11. The number of fused-ring (bicyclic) bond motifs is 1. The Hall–Kier alpha value is -2.46. The van der Waals surface area contributed by atoms with Gasteiger partial charge < -0.3 is 10.3 Å². The van der Waals surface area contributed by atoms with E-state index in [0.717, 1.165) is 23.5 Å². The van der Waals surface area contributed by atoms with Crippen molar-refractivity contribution in [2.24, 2.45) is 17.3 Å². The van der Waals surface area contributed by atoms with Crippen LogP contribution in [0.1, 0.15) is 10.8 Å². The van der Waals surface area contributed by atoms with Gasteiger partial charge in [-0.2, -0.15) is 15.8 Å². The summed E-state index contributed by atoms with van der Waals surface area (Å²) in [6.45, 7) is 1.57. The van der Waals surface area contributed by atoms with Gasteiger partial charge in [-0.25, -0.2) is 0 Å². The van der Waals surface area contributed by atoms with Crippen LogP contribution in [0.5, 0.6) is 0 Å². The van der Waals surface area contributed by atoms with Crippen molar-refractivity contribution < 1.29 is 4.90 Å². The summed E-state index contributed by atoms with van der Waals surface area (Å²) in [4.78, 5) is 2.23. The van der Waals surface area contributed by atoms with Gasteiger partial charge in [0.2, 0.25) is 0 Å². The van der Waals surface area contributed by atoms with E-state index in [1.807, 2.05) is 23.6 Å². The lowest BCUT2D eigenvalue weighted by atomic mass is 9.55. The van der Waals surface area contributed by atoms with E-state index >= 15 is 0 Å².